The number of carbonyl (C=O) groups excluding carboxylic acids is 1. The van der Waals surface area contributed by atoms with Crippen molar-refractivity contribution in [3.8, 4) is 0 Å². The Kier molecular flexibility index (Phi) is 3.11. The van der Waals surface area contributed by atoms with Crippen LogP contribution in [0.25, 0.3) is 11.1 Å². The van der Waals surface area contributed by atoms with Crippen molar-refractivity contribution in [2.24, 2.45) is 0 Å². The third-order valence-corrected chi connectivity index (χ3v) is 4.17. The van der Waals surface area contributed by atoms with Crippen molar-refractivity contribution in [3.63, 3.8) is 0 Å². The number of pyridine rings is 2. The van der Waals surface area contributed by atoms with Gasteiger partial charge < -0.3 is 9.42 Å². The van der Waals surface area contributed by atoms with E-state index < -0.39 is 0 Å². The van der Waals surface area contributed by atoms with E-state index in [0.717, 1.165) is 29.9 Å². The van der Waals surface area contributed by atoms with Gasteiger partial charge in [-0.05, 0) is 44.9 Å². The summed E-state index contributed by atoms with van der Waals surface area (Å²) in [5.41, 5.74) is 4.27. The molecular weight excluding hydrogens is 292 g/mol. The molecule has 0 bridgehead atoms. The maximum absolute atomic E-state index is 13.2. The topological polar surface area (TPSA) is 72.1 Å². The highest BCUT2D eigenvalue weighted by molar-refractivity contribution is 6.13. The minimum atomic E-state index is -0.0549. The van der Waals surface area contributed by atoms with Gasteiger partial charge in [-0.1, -0.05) is 5.16 Å². The monoisotopic (exact) mass is 308 g/mol. The Labute approximate surface area is 133 Å². The number of hydrogen-bond donors (Lipinski definition) is 0. The van der Waals surface area contributed by atoms with Gasteiger partial charge in [0.25, 0.3) is 11.6 Å². The Morgan fingerprint density at radius 3 is 3.09 bits per heavy atom. The van der Waals surface area contributed by atoms with Gasteiger partial charge in [-0.25, -0.2) is 4.98 Å². The number of amides is 1. The summed E-state index contributed by atoms with van der Waals surface area (Å²) in [7, 11) is 0. The second-order valence-corrected chi connectivity index (χ2v) is 5.79. The number of anilines is 1. The molecule has 0 atom stereocenters. The molecule has 0 aliphatic carbocycles. The lowest BCUT2D eigenvalue weighted by Crippen LogP contribution is -2.36. The van der Waals surface area contributed by atoms with E-state index in [1.54, 1.807) is 17.2 Å². The summed E-state index contributed by atoms with van der Waals surface area (Å²) in [6.07, 6.45) is 3.58. The van der Waals surface area contributed by atoms with Gasteiger partial charge in [0.1, 0.15) is 0 Å². The van der Waals surface area contributed by atoms with E-state index in [-0.39, 0.29) is 5.91 Å². The first-order valence-corrected chi connectivity index (χ1v) is 7.64. The normalized spacial score (nSPS) is 14.1. The van der Waals surface area contributed by atoms with Crippen LogP contribution in [0.1, 0.15) is 33.9 Å². The predicted octanol–water partition coefficient (Wildman–Crippen LogP) is 2.83. The number of hydrogen-bond acceptors (Lipinski definition) is 5. The van der Waals surface area contributed by atoms with Gasteiger partial charge in [0.05, 0.1) is 28.0 Å². The van der Waals surface area contributed by atoms with Crippen molar-refractivity contribution in [2.45, 2.75) is 26.7 Å². The highest BCUT2D eigenvalue weighted by atomic mass is 16.5. The summed E-state index contributed by atoms with van der Waals surface area (Å²) < 4.78 is 5.23. The third kappa shape index (κ3) is 2.18. The fourth-order valence-corrected chi connectivity index (χ4v) is 3.14. The number of nitrogens with zero attached hydrogens (tertiary/aromatic N) is 4. The van der Waals surface area contributed by atoms with Crippen molar-refractivity contribution in [1.82, 2.24) is 15.1 Å². The molecule has 4 rings (SSSR count). The molecule has 1 amide bonds. The van der Waals surface area contributed by atoms with Gasteiger partial charge in [-0.3, -0.25) is 9.78 Å². The smallest absolute Gasteiger partial charge is 0.259 e. The summed E-state index contributed by atoms with van der Waals surface area (Å²) in [5, 5.41) is 4.64. The fourth-order valence-electron chi connectivity index (χ4n) is 3.14. The second kappa shape index (κ2) is 5.15. The van der Waals surface area contributed by atoms with E-state index in [2.05, 4.69) is 15.1 Å². The molecule has 0 fully saturated rings. The number of fused-ring (bicyclic) bond motifs is 2. The Hall–Kier alpha value is -2.76. The number of aryl methyl sites for hydroxylation is 3. The minimum absolute atomic E-state index is 0.0549. The van der Waals surface area contributed by atoms with E-state index in [9.17, 15) is 4.79 Å². The summed E-state index contributed by atoms with van der Waals surface area (Å²) >= 11 is 0. The van der Waals surface area contributed by atoms with Crippen LogP contribution in [0.5, 0.6) is 0 Å². The SMILES string of the molecule is Cc1cc(C(=O)N2CCCc3ncccc32)c2c(C)noc2n1. The molecule has 23 heavy (non-hydrogen) atoms. The van der Waals surface area contributed by atoms with Crippen LogP contribution in [-0.4, -0.2) is 27.6 Å². The average molecular weight is 308 g/mol. The van der Waals surface area contributed by atoms with E-state index in [4.69, 9.17) is 4.52 Å². The zero-order chi connectivity index (χ0) is 16.0. The van der Waals surface area contributed by atoms with Gasteiger partial charge in [-0.15, -0.1) is 0 Å². The standard InChI is InChI=1S/C17H16N4O2/c1-10-9-12(15-11(2)20-23-16(15)19-10)17(22)21-8-4-5-13-14(21)6-3-7-18-13/h3,6-7,9H,4-5,8H2,1-2H3. The zero-order valence-electron chi connectivity index (χ0n) is 13.0. The zero-order valence-corrected chi connectivity index (χ0v) is 13.0. The summed E-state index contributed by atoms with van der Waals surface area (Å²) in [5.74, 6) is -0.0549. The first-order valence-electron chi connectivity index (χ1n) is 7.64. The lowest BCUT2D eigenvalue weighted by Gasteiger charge is -2.28. The maximum atomic E-state index is 13.2. The lowest BCUT2D eigenvalue weighted by atomic mass is 10.0. The van der Waals surface area contributed by atoms with Gasteiger partial charge in [0.15, 0.2) is 0 Å². The quantitative estimate of drug-likeness (QED) is 0.691. The average Bonchev–Trinajstić information content (AvgIpc) is 2.94. The van der Waals surface area contributed by atoms with Crippen molar-refractivity contribution in [3.05, 3.63) is 47.0 Å². The van der Waals surface area contributed by atoms with Crippen molar-refractivity contribution < 1.29 is 9.32 Å². The fraction of sp³-hybridized carbons (Fsp3) is 0.294. The van der Waals surface area contributed by atoms with Gasteiger partial charge in [0.2, 0.25) is 0 Å². The molecule has 0 unspecified atom stereocenters. The Bertz CT molecular complexity index is 916. The van der Waals surface area contributed by atoms with E-state index >= 15 is 0 Å². The van der Waals surface area contributed by atoms with Crippen LogP contribution in [0, 0.1) is 13.8 Å². The molecule has 1 aliphatic heterocycles. The molecule has 6 heteroatoms. The van der Waals surface area contributed by atoms with Gasteiger partial charge >= 0.3 is 0 Å². The van der Waals surface area contributed by atoms with Crippen LogP contribution in [0.4, 0.5) is 5.69 Å². The highest BCUT2D eigenvalue weighted by Crippen LogP contribution is 2.29. The largest absolute Gasteiger partial charge is 0.336 e. The Morgan fingerprint density at radius 1 is 1.35 bits per heavy atom. The molecule has 1 aliphatic rings. The van der Waals surface area contributed by atoms with E-state index in [1.807, 2.05) is 26.0 Å². The summed E-state index contributed by atoms with van der Waals surface area (Å²) in [6.45, 7) is 4.36. The van der Waals surface area contributed by atoms with Crippen molar-refractivity contribution in [2.75, 3.05) is 11.4 Å². The van der Waals surface area contributed by atoms with E-state index in [1.165, 1.54) is 0 Å². The molecule has 116 valence electrons. The van der Waals surface area contributed by atoms with Crippen molar-refractivity contribution >= 4 is 22.7 Å². The molecule has 0 aromatic carbocycles. The van der Waals surface area contributed by atoms with Gasteiger partial charge in [0, 0.05) is 18.4 Å². The second-order valence-electron chi connectivity index (χ2n) is 5.79. The molecule has 0 N–H and O–H groups in total. The van der Waals surface area contributed by atoms with Crippen LogP contribution in [0.15, 0.2) is 28.9 Å². The lowest BCUT2D eigenvalue weighted by molar-refractivity contribution is 0.0986. The van der Waals surface area contributed by atoms with Crippen LogP contribution in [0.3, 0.4) is 0 Å². The molecule has 4 heterocycles. The van der Waals surface area contributed by atoms with E-state index in [0.29, 0.717) is 28.9 Å². The number of aromatic nitrogens is 3. The molecule has 0 saturated heterocycles. The molecule has 3 aromatic rings. The molecule has 6 nitrogen and oxygen atoms in total. The van der Waals surface area contributed by atoms with Crippen LogP contribution in [0.2, 0.25) is 0 Å². The van der Waals surface area contributed by atoms with Crippen LogP contribution >= 0.6 is 0 Å². The first-order chi connectivity index (χ1) is 11.1. The number of rotatable bonds is 1. The predicted molar refractivity (Wildman–Crippen MR) is 85.5 cm³/mol. The third-order valence-electron chi connectivity index (χ3n) is 4.17. The van der Waals surface area contributed by atoms with Crippen molar-refractivity contribution in [1.29, 1.82) is 0 Å². The molecule has 0 saturated carbocycles. The first kappa shape index (κ1) is 13.9. The summed E-state index contributed by atoms with van der Waals surface area (Å²) in [4.78, 5) is 23.7. The van der Waals surface area contributed by atoms with Crippen LogP contribution in [-0.2, 0) is 6.42 Å². The summed E-state index contributed by atoms with van der Waals surface area (Å²) in [6, 6.07) is 5.62. The number of carbonyl (C=O) groups is 1. The molecule has 0 radical (unpaired) electrons. The Balaban J connectivity index is 1.86. The molecule has 0 spiro atoms. The highest BCUT2D eigenvalue weighted by Gasteiger charge is 2.27. The molecule has 3 aromatic heterocycles. The maximum Gasteiger partial charge on any atom is 0.259 e. The Morgan fingerprint density at radius 2 is 2.22 bits per heavy atom. The minimum Gasteiger partial charge on any atom is -0.336 e. The molecular formula is C17H16N4O2. The van der Waals surface area contributed by atoms with Crippen LogP contribution < -0.4 is 4.90 Å². The van der Waals surface area contributed by atoms with Gasteiger partial charge in [-0.2, -0.15) is 0 Å².